The number of carbonyl (C=O) groups excluding carboxylic acids is 1. The summed E-state index contributed by atoms with van der Waals surface area (Å²) in [5.74, 6) is 0.583. The van der Waals surface area contributed by atoms with E-state index in [1.54, 1.807) is 13.0 Å². The van der Waals surface area contributed by atoms with E-state index in [2.05, 4.69) is 0 Å². The van der Waals surface area contributed by atoms with Gasteiger partial charge in [-0.15, -0.1) is 11.8 Å². The Morgan fingerprint density at radius 3 is 2.33 bits per heavy atom. The molecule has 0 saturated carbocycles. The van der Waals surface area contributed by atoms with Crippen molar-refractivity contribution in [3.05, 3.63) is 58.1 Å². The molecule has 0 aromatic heterocycles. The molecule has 0 heterocycles. The van der Waals surface area contributed by atoms with Crippen LogP contribution >= 0.6 is 35.0 Å². The first-order valence-corrected chi connectivity index (χ1v) is 7.92. The fourth-order valence-electron chi connectivity index (χ4n) is 1.90. The zero-order valence-electron chi connectivity index (χ0n) is 11.6. The van der Waals surface area contributed by atoms with Gasteiger partial charge >= 0.3 is 0 Å². The number of carbonyl (C=O) groups is 1. The first-order chi connectivity index (χ1) is 10.0. The van der Waals surface area contributed by atoms with Crippen LogP contribution in [0.2, 0.25) is 10.0 Å². The molecule has 5 heteroatoms. The summed E-state index contributed by atoms with van der Waals surface area (Å²) in [4.78, 5) is 12.7. The molecule has 21 heavy (non-hydrogen) atoms. The van der Waals surface area contributed by atoms with E-state index in [0.717, 1.165) is 10.5 Å². The molecule has 110 valence electrons. The van der Waals surface area contributed by atoms with Crippen LogP contribution in [-0.2, 0) is 4.79 Å². The molecule has 2 rings (SSSR count). The largest absolute Gasteiger partial charge is 0.495 e. The SMILES string of the molecule is COc1ccc(SC(C(C)=O)c2ccccc2)c(Cl)c1Cl. The molecule has 2 aromatic rings. The zero-order valence-corrected chi connectivity index (χ0v) is 13.9. The van der Waals surface area contributed by atoms with Gasteiger partial charge in [-0.1, -0.05) is 53.5 Å². The second-order valence-electron chi connectivity index (χ2n) is 4.41. The van der Waals surface area contributed by atoms with Crippen molar-refractivity contribution >= 4 is 40.7 Å². The summed E-state index contributed by atoms with van der Waals surface area (Å²) < 4.78 is 5.13. The second kappa shape index (κ2) is 7.21. The molecular weight excluding hydrogens is 327 g/mol. The average molecular weight is 341 g/mol. The van der Waals surface area contributed by atoms with Crippen molar-refractivity contribution in [1.29, 1.82) is 0 Å². The molecule has 0 aliphatic rings. The first-order valence-electron chi connectivity index (χ1n) is 6.28. The third-order valence-corrected chi connectivity index (χ3v) is 5.36. The molecule has 0 radical (unpaired) electrons. The molecule has 0 N–H and O–H groups in total. The van der Waals surface area contributed by atoms with E-state index in [0.29, 0.717) is 15.8 Å². The van der Waals surface area contributed by atoms with Crippen molar-refractivity contribution in [3.63, 3.8) is 0 Å². The van der Waals surface area contributed by atoms with Crippen LogP contribution in [0.4, 0.5) is 0 Å². The number of ketones is 1. The standard InChI is InChI=1S/C16H14Cl2O2S/c1-10(19)16(11-6-4-3-5-7-11)21-13-9-8-12(20-2)14(17)15(13)18/h3-9,16H,1-2H3. The van der Waals surface area contributed by atoms with E-state index in [4.69, 9.17) is 27.9 Å². The highest BCUT2D eigenvalue weighted by molar-refractivity contribution is 8.00. The van der Waals surface area contributed by atoms with Gasteiger partial charge in [0.15, 0.2) is 0 Å². The van der Waals surface area contributed by atoms with Crippen LogP contribution in [0.25, 0.3) is 0 Å². The summed E-state index contributed by atoms with van der Waals surface area (Å²) in [5, 5.41) is 0.455. The predicted molar refractivity (Wildman–Crippen MR) is 88.7 cm³/mol. The normalized spacial score (nSPS) is 12.0. The fourth-order valence-corrected chi connectivity index (χ4v) is 3.56. The highest BCUT2D eigenvalue weighted by Gasteiger charge is 2.21. The molecule has 1 unspecified atom stereocenters. The molecule has 2 aromatic carbocycles. The minimum Gasteiger partial charge on any atom is -0.495 e. The molecule has 0 aliphatic carbocycles. The van der Waals surface area contributed by atoms with Crippen LogP contribution in [-0.4, -0.2) is 12.9 Å². The van der Waals surface area contributed by atoms with E-state index in [1.807, 2.05) is 36.4 Å². The third-order valence-electron chi connectivity index (χ3n) is 2.95. The Labute approximate surface area is 138 Å². The lowest BCUT2D eigenvalue weighted by Gasteiger charge is -2.16. The van der Waals surface area contributed by atoms with E-state index < -0.39 is 0 Å². The van der Waals surface area contributed by atoms with E-state index in [9.17, 15) is 4.79 Å². The summed E-state index contributed by atoms with van der Waals surface area (Å²) in [6.45, 7) is 1.57. The number of rotatable bonds is 5. The number of thioether (sulfide) groups is 1. The quantitative estimate of drug-likeness (QED) is 0.679. The molecular formula is C16H14Cl2O2S. The molecule has 0 bridgehead atoms. The summed E-state index contributed by atoms with van der Waals surface area (Å²) >= 11 is 13.8. The zero-order chi connectivity index (χ0) is 15.4. The van der Waals surface area contributed by atoms with Gasteiger partial charge < -0.3 is 4.74 Å². The summed E-state index contributed by atoms with van der Waals surface area (Å²) in [7, 11) is 1.53. The van der Waals surface area contributed by atoms with Gasteiger partial charge in [0.2, 0.25) is 0 Å². The van der Waals surface area contributed by atoms with Crippen molar-refractivity contribution in [2.24, 2.45) is 0 Å². The minimum absolute atomic E-state index is 0.0641. The van der Waals surface area contributed by atoms with Gasteiger partial charge in [0.1, 0.15) is 16.6 Å². The number of halogens is 2. The van der Waals surface area contributed by atoms with Crippen LogP contribution in [0.1, 0.15) is 17.7 Å². The summed E-state index contributed by atoms with van der Waals surface area (Å²) in [6.07, 6.45) is 0. The second-order valence-corrected chi connectivity index (χ2v) is 6.32. The molecule has 0 saturated heterocycles. The van der Waals surface area contributed by atoms with Crippen molar-refractivity contribution in [3.8, 4) is 5.75 Å². The van der Waals surface area contributed by atoms with Crippen LogP contribution in [0.3, 0.4) is 0 Å². The number of hydrogen-bond donors (Lipinski definition) is 0. The molecule has 0 aliphatic heterocycles. The fraction of sp³-hybridized carbons (Fsp3) is 0.188. The van der Waals surface area contributed by atoms with Gasteiger partial charge in [0.25, 0.3) is 0 Å². The van der Waals surface area contributed by atoms with Gasteiger partial charge in [-0.25, -0.2) is 0 Å². The van der Waals surface area contributed by atoms with Gasteiger partial charge in [-0.3, -0.25) is 4.79 Å². The predicted octanol–water partition coefficient (Wildman–Crippen LogP) is 5.42. The van der Waals surface area contributed by atoms with Gasteiger partial charge in [0, 0.05) is 4.90 Å². The maximum atomic E-state index is 11.9. The lowest BCUT2D eigenvalue weighted by molar-refractivity contribution is -0.116. The Morgan fingerprint density at radius 1 is 1.10 bits per heavy atom. The number of benzene rings is 2. The van der Waals surface area contributed by atoms with Gasteiger partial charge in [-0.2, -0.15) is 0 Å². The monoisotopic (exact) mass is 340 g/mol. The van der Waals surface area contributed by atoms with Crippen LogP contribution < -0.4 is 4.74 Å². The summed E-state index contributed by atoms with van der Waals surface area (Å²) in [5.41, 5.74) is 0.943. The highest BCUT2D eigenvalue weighted by atomic mass is 35.5. The van der Waals surface area contributed by atoms with Crippen molar-refractivity contribution in [2.75, 3.05) is 7.11 Å². The van der Waals surface area contributed by atoms with Crippen LogP contribution in [0.15, 0.2) is 47.4 Å². The molecule has 0 spiro atoms. The third kappa shape index (κ3) is 3.73. The lowest BCUT2D eigenvalue weighted by Crippen LogP contribution is -2.04. The molecule has 0 fully saturated rings. The Balaban J connectivity index is 2.35. The van der Waals surface area contributed by atoms with Crippen LogP contribution in [0, 0.1) is 0 Å². The Kier molecular flexibility index (Phi) is 5.57. The van der Waals surface area contributed by atoms with Gasteiger partial charge in [-0.05, 0) is 24.6 Å². The van der Waals surface area contributed by atoms with Crippen molar-refractivity contribution < 1.29 is 9.53 Å². The van der Waals surface area contributed by atoms with E-state index >= 15 is 0 Å². The van der Waals surface area contributed by atoms with E-state index in [1.165, 1.54) is 18.9 Å². The van der Waals surface area contributed by atoms with Crippen molar-refractivity contribution in [1.82, 2.24) is 0 Å². The van der Waals surface area contributed by atoms with E-state index in [-0.39, 0.29) is 11.0 Å². The molecule has 1 atom stereocenters. The number of Topliss-reactive ketones (excluding diaryl/α,β-unsaturated/α-hetero) is 1. The topological polar surface area (TPSA) is 26.3 Å². The molecule has 0 amide bonds. The Morgan fingerprint density at radius 2 is 1.76 bits per heavy atom. The Hall–Kier alpha value is -1.16. The number of ether oxygens (including phenoxy) is 1. The first kappa shape index (κ1) is 16.2. The number of methoxy groups -OCH3 is 1. The lowest BCUT2D eigenvalue weighted by atomic mass is 10.1. The summed E-state index contributed by atoms with van der Waals surface area (Å²) in [6, 6.07) is 13.2. The average Bonchev–Trinajstić information content (AvgIpc) is 2.49. The number of hydrogen-bond acceptors (Lipinski definition) is 3. The maximum Gasteiger partial charge on any atom is 0.147 e. The van der Waals surface area contributed by atoms with Crippen molar-refractivity contribution in [2.45, 2.75) is 17.1 Å². The Bertz CT molecular complexity index is 644. The smallest absolute Gasteiger partial charge is 0.147 e. The van der Waals surface area contributed by atoms with Crippen LogP contribution in [0.5, 0.6) is 5.75 Å². The van der Waals surface area contributed by atoms with Gasteiger partial charge in [0.05, 0.1) is 17.4 Å². The maximum absolute atomic E-state index is 11.9. The highest BCUT2D eigenvalue weighted by Crippen LogP contribution is 2.44. The molecule has 2 nitrogen and oxygen atoms in total. The minimum atomic E-state index is -0.312.